The number of hydrogen-bond acceptors (Lipinski definition) is 5. The first-order valence-corrected chi connectivity index (χ1v) is 6.85. The van der Waals surface area contributed by atoms with Gasteiger partial charge in [-0.3, -0.25) is 9.59 Å². The zero-order valence-electron chi connectivity index (χ0n) is 9.35. The normalized spacial score (nSPS) is 18.5. The average Bonchev–Trinajstić information content (AvgIpc) is 2.85. The van der Waals surface area contributed by atoms with Crippen molar-refractivity contribution in [2.45, 2.75) is 13.0 Å². The van der Waals surface area contributed by atoms with Crippen LogP contribution in [0.15, 0.2) is 6.07 Å². The van der Waals surface area contributed by atoms with Gasteiger partial charge in [-0.25, -0.2) is 4.79 Å². The van der Waals surface area contributed by atoms with Gasteiger partial charge in [-0.15, -0.1) is 11.3 Å². The number of carbonyl (C=O) groups excluding carboxylic acids is 2. The van der Waals surface area contributed by atoms with Crippen LogP contribution in [0.2, 0.25) is 0 Å². The lowest BCUT2D eigenvalue weighted by atomic mass is 10.3. The van der Waals surface area contributed by atoms with E-state index in [1.807, 2.05) is 0 Å². The van der Waals surface area contributed by atoms with Gasteiger partial charge in [0.2, 0.25) is 5.91 Å². The van der Waals surface area contributed by atoms with Gasteiger partial charge in [0.05, 0.1) is 5.00 Å². The fourth-order valence-corrected chi connectivity index (χ4v) is 3.18. The number of thiophene rings is 1. The summed E-state index contributed by atoms with van der Waals surface area (Å²) in [5, 5.41) is 14.3. The molecule has 2 heterocycles. The lowest BCUT2D eigenvalue weighted by Gasteiger charge is -2.07. The molecule has 3 N–H and O–H groups in total. The first-order chi connectivity index (χ1) is 8.47. The van der Waals surface area contributed by atoms with Crippen LogP contribution >= 0.6 is 23.1 Å². The van der Waals surface area contributed by atoms with Crippen molar-refractivity contribution in [1.82, 2.24) is 5.32 Å². The number of thioether (sulfide) groups is 1. The van der Waals surface area contributed by atoms with E-state index in [1.165, 1.54) is 0 Å². The second-order valence-electron chi connectivity index (χ2n) is 3.71. The Balaban J connectivity index is 2.05. The second-order valence-corrected chi connectivity index (χ2v) is 5.76. The van der Waals surface area contributed by atoms with Crippen molar-refractivity contribution in [1.29, 1.82) is 0 Å². The fourth-order valence-electron chi connectivity index (χ4n) is 1.49. The first kappa shape index (κ1) is 12.9. The van der Waals surface area contributed by atoms with Gasteiger partial charge in [-0.2, -0.15) is 0 Å². The van der Waals surface area contributed by atoms with E-state index in [0.29, 0.717) is 16.3 Å². The van der Waals surface area contributed by atoms with Crippen LogP contribution in [0.5, 0.6) is 0 Å². The van der Waals surface area contributed by atoms with Crippen molar-refractivity contribution in [3.63, 3.8) is 0 Å². The summed E-state index contributed by atoms with van der Waals surface area (Å²) in [6.07, 6.45) is 0. The molecule has 1 aliphatic rings. The van der Waals surface area contributed by atoms with Gasteiger partial charge in [0.1, 0.15) is 10.9 Å². The van der Waals surface area contributed by atoms with Crippen LogP contribution in [0.4, 0.5) is 9.80 Å². The molecule has 1 aliphatic heterocycles. The molecule has 18 heavy (non-hydrogen) atoms. The molecule has 0 radical (unpaired) electrons. The summed E-state index contributed by atoms with van der Waals surface area (Å²) >= 11 is 2.06. The Morgan fingerprint density at radius 3 is 2.78 bits per heavy atom. The van der Waals surface area contributed by atoms with Crippen LogP contribution in [-0.2, 0) is 4.79 Å². The van der Waals surface area contributed by atoms with Crippen molar-refractivity contribution in [2.24, 2.45) is 0 Å². The van der Waals surface area contributed by atoms with Gasteiger partial charge in [-0.1, -0.05) is 11.8 Å². The number of aromatic carboxylic acids is 1. The van der Waals surface area contributed by atoms with E-state index in [9.17, 15) is 14.4 Å². The molecular formula is C10H10N2O4S2. The lowest BCUT2D eigenvalue weighted by molar-refractivity contribution is -0.117. The summed E-state index contributed by atoms with van der Waals surface area (Å²) in [5.74, 6) is -0.949. The molecule has 2 amide bonds. The highest BCUT2D eigenvalue weighted by molar-refractivity contribution is 8.14. The Kier molecular flexibility index (Phi) is 3.58. The van der Waals surface area contributed by atoms with Crippen molar-refractivity contribution in [3.05, 3.63) is 16.5 Å². The Bertz CT molecular complexity index is 526. The summed E-state index contributed by atoms with van der Waals surface area (Å²) < 4.78 is 0. The molecule has 1 fully saturated rings. The Hall–Kier alpha value is -1.54. The van der Waals surface area contributed by atoms with Crippen molar-refractivity contribution in [3.8, 4) is 0 Å². The van der Waals surface area contributed by atoms with Crippen LogP contribution in [0.1, 0.15) is 15.2 Å². The summed E-state index contributed by atoms with van der Waals surface area (Å²) in [4.78, 5) is 33.8. The molecule has 6 nitrogen and oxygen atoms in total. The molecule has 0 spiro atoms. The third-order valence-corrected chi connectivity index (χ3v) is 4.37. The Morgan fingerprint density at radius 2 is 2.28 bits per heavy atom. The van der Waals surface area contributed by atoms with Crippen molar-refractivity contribution < 1.29 is 19.5 Å². The smallest absolute Gasteiger partial charge is 0.346 e. The standard InChI is InChI=1S/C10H10N2O4S2/c1-4-2-6(18-7(4)9(14)15)12-8(13)5-3-17-10(16)11-5/h2,5H,3H2,1H3,(H,11,16)(H,12,13)(H,14,15). The summed E-state index contributed by atoms with van der Waals surface area (Å²) in [5.41, 5.74) is 0.604. The monoisotopic (exact) mass is 286 g/mol. The summed E-state index contributed by atoms with van der Waals surface area (Å²) in [6.45, 7) is 1.67. The van der Waals surface area contributed by atoms with Crippen LogP contribution < -0.4 is 10.6 Å². The van der Waals surface area contributed by atoms with Gasteiger partial charge in [0.15, 0.2) is 0 Å². The number of nitrogens with one attached hydrogen (secondary N) is 2. The molecule has 1 atom stereocenters. The Morgan fingerprint density at radius 1 is 1.56 bits per heavy atom. The minimum absolute atomic E-state index is 0.204. The molecule has 1 aromatic heterocycles. The molecule has 1 saturated heterocycles. The number of amides is 2. The van der Waals surface area contributed by atoms with Gasteiger partial charge < -0.3 is 15.7 Å². The number of carboxylic acid groups (broad SMARTS) is 1. The zero-order chi connectivity index (χ0) is 13.3. The van der Waals surface area contributed by atoms with E-state index in [0.717, 1.165) is 23.1 Å². The third kappa shape index (κ3) is 2.65. The molecule has 1 unspecified atom stereocenters. The zero-order valence-corrected chi connectivity index (χ0v) is 11.0. The average molecular weight is 286 g/mol. The predicted molar refractivity (Wildman–Crippen MR) is 69.4 cm³/mol. The number of carboxylic acids is 1. The van der Waals surface area contributed by atoms with E-state index in [4.69, 9.17) is 5.11 Å². The molecule has 2 rings (SSSR count). The number of aryl methyl sites for hydroxylation is 1. The van der Waals surface area contributed by atoms with Crippen LogP contribution in [-0.4, -0.2) is 34.0 Å². The number of carbonyl (C=O) groups is 3. The molecule has 1 aromatic rings. The quantitative estimate of drug-likeness (QED) is 0.783. The van der Waals surface area contributed by atoms with E-state index in [2.05, 4.69) is 10.6 Å². The number of rotatable bonds is 3. The number of anilines is 1. The van der Waals surface area contributed by atoms with Crippen LogP contribution in [0.3, 0.4) is 0 Å². The van der Waals surface area contributed by atoms with E-state index in [1.54, 1.807) is 13.0 Å². The second kappa shape index (κ2) is 4.99. The molecular weight excluding hydrogens is 276 g/mol. The topological polar surface area (TPSA) is 95.5 Å². The third-order valence-electron chi connectivity index (χ3n) is 2.35. The molecule has 0 saturated carbocycles. The summed E-state index contributed by atoms with van der Waals surface area (Å²) in [7, 11) is 0. The highest BCUT2D eigenvalue weighted by Crippen LogP contribution is 2.27. The fraction of sp³-hybridized carbons (Fsp3) is 0.300. The largest absolute Gasteiger partial charge is 0.477 e. The Labute approximate surface area is 111 Å². The highest BCUT2D eigenvalue weighted by Gasteiger charge is 2.28. The number of hydrogen-bond donors (Lipinski definition) is 3. The van der Waals surface area contributed by atoms with Gasteiger partial charge in [0.25, 0.3) is 5.24 Å². The SMILES string of the molecule is Cc1cc(NC(=O)C2CSC(=O)N2)sc1C(=O)O. The van der Waals surface area contributed by atoms with Crippen LogP contribution in [0, 0.1) is 6.92 Å². The maximum atomic E-state index is 11.8. The molecule has 0 aromatic carbocycles. The first-order valence-electron chi connectivity index (χ1n) is 5.05. The minimum atomic E-state index is -1.01. The van der Waals surface area contributed by atoms with Gasteiger partial charge >= 0.3 is 5.97 Å². The van der Waals surface area contributed by atoms with E-state index >= 15 is 0 Å². The highest BCUT2D eigenvalue weighted by atomic mass is 32.2. The van der Waals surface area contributed by atoms with E-state index in [-0.39, 0.29) is 16.0 Å². The van der Waals surface area contributed by atoms with E-state index < -0.39 is 12.0 Å². The minimum Gasteiger partial charge on any atom is -0.477 e. The predicted octanol–water partition coefficient (Wildman–Crippen LogP) is 1.52. The molecule has 96 valence electrons. The molecule has 8 heteroatoms. The maximum absolute atomic E-state index is 11.8. The molecule has 0 aliphatic carbocycles. The van der Waals surface area contributed by atoms with Crippen LogP contribution in [0.25, 0.3) is 0 Å². The van der Waals surface area contributed by atoms with Gasteiger partial charge in [0, 0.05) is 5.75 Å². The molecule has 0 bridgehead atoms. The van der Waals surface area contributed by atoms with Crippen molar-refractivity contribution in [2.75, 3.05) is 11.1 Å². The summed E-state index contributed by atoms with van der Waals surface area (Å²) in [6, 6.07) is 1.05. The maximum Gasteiger partial charge on any atom is 0.346 e. The van der Waals surface area contributed by atoms with Gasteiger partial charge in [-0.05, 0) is 18.6 Å². The van der Waals surface area contributed by atoms with Crippen molar-refractivity contribution >= 4 is 45.2 Å². The lowest BCUT2D eigenvalue weighted by Crippen LogP contribution is -2.38.